The van der Waals surface area contributed by atoms with Crippen molar-refractivity contribution >= 4 is 27.8 Å². The fourth-order valence-corrected chi connectivity index (χ4v) is 1.89. The van der Waals surface area contributed by atoms with Gasteiger partial charge in [-0.05, 0) is 17.7 Å². The topological polar surface area (TPSA) is 50.2 Å². The summed E-state index contributed by atoms with van der Waals surface area (Å²) in [7, 11) is 3.56. The van der Waals surface area contributed by atoms with Crippen molar-refractivity contribution < 1.29 is 4.79 Å². The molecule has 1 N–H and O–H groups in total. The second-order valence-corrected chi connectivity index (χ2v) is 5.20. The first-order chi connectivity index (χ1) is 9.04. The monoisotopic (exact) mass is 322 g/mol. The van der Waals surface area contributed by atoms with E-state index in [0.717, 1.165) is 10.0 Å². The lowest BCUT2D eigenvalue weighted by molar-refractivity contribution is 0.220. The Bertz CT molecular complexity index is 564. The number of hydrogen-bond acceptors (Lipinski definition) is 2. The van der Waals surface area contributed by atoms with Gasteiger partial charge in [-0.15, -0.1) is 0 Å². The van der Waals surface area contributed by atoms with Crippen molar-refractivity contribution in [2.24, 2.45) is 7.05 Å². The zero-order valence-electron chi connectivity index (χ0n) is 10.8. The Morgan fingerprint density at radius 1 is 1.37 bits per heavy atom. The maximum atomic E-state index is 11.9. The third kappa shape index (κ3) is 3.82. The van der Waals surface area contributed by atoms with Crippen LogP contribution in [0, 0.1) is 0 Å². The molecule has 1 aromatic carbocycles. The van der Waals surface area contributed by atoms with Crippen molar-refractivity contribution in [1.29, 1.82) is 0 Å². The highest BCUT2D eigenvalue weighted by molar-refractivity contribution is 9.10. The van der Waals surface area contributed by atoms with Crippen molar-refractivity contribution in [3.05, 3.63) is 46.6 Å². The zero-order chi connectivity index (χ0) is 13.8. The van der Waals surface area contributed by atoms with Gasteiger partial charge in [-0.1, -0.05) is 28.1 Å². The molecule has 19 heavy (non-hydrogen) atoms. The summed E-state index contributed by atoms with van der Waals surface area (Å²) in [5.74, 6) is 0.551. The van der Waals surface area contributed by atoms with Crippen LogP contribution in [0.1, 0.15) is 5.56 Å². The van der Waals surface area contributed by atoms with E-state index in [-0.39, 0.29) is 6.03 Å². The summed E-state index contributed by atoms with van der Waals surface area (Å²) in [6, 6.07) is 9.45. The van der Waals surface area contributed by atoms with E-state index >= 15 is 0 Å². The molecule has 0 aliphatic rings. The van der Waals surface area contributed by atoms with Crippen LogP contribution in [-0.2, 0) is 13.6 Å². The van der Waals surface area contributed by atoms with Crippen molar-refractivity contribution in [3.63, 3.8) is 0 Å². The number of nitrogens with zero attached hydrogens (tertiary/aromatic N) is 3. The Kier molecular flexibility index (Phi) is 4.21. The number of halogens is 1. The van der Waals surface area contributed by atoms with Gasteiger partial charge in [0, 0.05) is 37.4 Å². The molecule has 0 fully saturated rings. The molecule has 2 rings (SSSR count). The minimum absolute atomic E-state index is 0.179. The van der Waals surface area contributed by atoms with Crippen molar-refractivity contribution in [3.8, 4) is 0 Å². The molecule has 0 unspecified atom stereocenters. The molecule has 0 bridgehead atoms. The molecule has 0 saturated heterocycles. The van der Waals surface area contributed by atoms with E-state index < -0.39 is 0 Å². The number of urea groups is 1. The summed E-state index contributed by atoms with van der Waals surface area (Å²) in [4.78, 5) is 13.6. The van der Waals surface area contributed by atoms with E-state index in [9.17, 15) is 4.79 Å². The molecule has 0 radical (unpaired) electrons. The standard InChI is InChI=1S/C13H15BrN4O/c1-17(9-10-3-5-11(14)6-4-10)13(19)15-12-7-8-18(2)16-12/h3-8H,9H2,1-2H3,(H,15,16,19). The average Bonchev–Trinajstić information content (AvgIpc) is 2.77. The van der Waals surface area contributed by atoms with Crippen LogP contribution in [-0.4, -0.2) is 27.8 Å². The van der Waals surface area contributed by atoms with Gasteiger partial charge in [-0.2, -0.15) is 5.10 Å². The number of aryl methyl sites for hydroxylation is 1. The first-order valence-corrected chi connectivity index (χ1v) is 6.60. The molecule has 5 nitrogen and oxygen atoms in total. The van der Waals surface area contributed by atoms with Gasteiger partial charge in [0.2, 0.25) is 0 Å². The number of carbonyl (C=O) groups excluding carboxylic acids is 1. The third-order valence-corrected chi connectivity index (χ3v) is 3.16. The molecule has 0 saturated carbocycles. The quantitative estimate of drug-likeness (QED) is 0.944. The Balaban J connectivity index is 1.94. The molecule has 0 aliphatic carbocycles. The highest BCUT2D eigenvalue weighted by Crippen LogP contribution is 2.12. The molecule has 100 valence electrons. The maximum Gasteiger partial charge on any atom is 0.323 e. The smallest absolute Gasteiger partial charge is 0.323 e. The fourth-order valence-electron chi connectivity index (χ4n) is 1.62. The van der Waals surface area contributed by atoms with Gasteiger partial charge in [0.1, 0.15) is 0 Å². The Labute approximate surface area is 120 Å². The molecule has 1 heterocycles. The minimum atomic E-state index is -0.179. The number of benzene rings is 1. The van der Waals surface area contributed by atoms with Gasteiger partial charge in [0.05, 0.1) is 0 Å². The van der Waals surface area contributed by atoms with Gasteiger partial charge < -0.3 is 4.90 Å². The number of amides is 2. The predicted molar refractivity (Wildman–Crippen MR) is 77.8 cm³/mol. The SMILES string of the molecule is CN(Cc1ccc(Br)cc1)C(=O)Nc1ccn(C)n1. The van der Waals surface area contributed by atoms with Gasteiger partial charge in [-0.3, -0.25) is 10.00 Å². The highest BCUT2D eigenvalue weighted by Gasteiger charge is 2.10. The second-order valence-electron chi connectivity index (χ2n) is 4.29. The molecule has 1 aromatic heterocycles. The van der Waals surface area contributed by atoms with Crippen LogP contribution >= 0.6 is 15.9 Å². The average molecular weight is 323 g/mol. The molecule has 0 aliphatic heterocycles. The molecule has 6 heteroatoms. The van der Waals surface area contributed by atoms with E-state index in [0.29, 0.717) is 12.4 Å². The van der Waals surface area contributed by atoms with Crippen LogP contribution < -0.4 is 5.32 Å². The van der Waals surface area contributed by atoms with E-state index in [1.54, 1.807) is 35.9 Å². The number of carbonyl (C=O) groups is 1. The summed E-state index contributed by atoms with van der Waals surface area (Å²) < 4.78 is 2.67. The Hall–Kier alpha value is -1.82. The van der Waals surface area contributed by atoms with Gasteiger partial charge >= 0.3 is 6.03 Å². The van der Waals surface area contributed by atoms with Crippen LogP contribution in [0.3, 0.4) is 0 Å². The van der Waals surface area contributed by atoms with Crippen LogP contribution in [0.2, 0.25) is 0 Å². The van der Waals surface area contributed by atoms with E-state index in [4.69, 9.17) is 0 Å². The summed E-state index contributed by atoms with van der Waals surface area (Å²) >= 11 is 3.38. The normalized spacial score (nSPS) is 10.3. The first-order valence-electron chi connectivity index (χ1n) is 5.81. The molecular weight excluding hydrogens is 308 g/mol. The predicted octanol–water partition coefficient (Wildman–Crippen LogP) is 2.85. The van der Waals surface area contributed by atoms with E-state index in [2.05, 4.69) is 26.3 Å². The van der Waals surface area contributed by atoms with Crippen LogP contribution in [0.15, 0.2) is 41.0 Å². The van der Waals surface area contributed by atoms with Crippen LogP contribution in [0.5, 0.6) is 0 Å². The highest BCUT2D eigenvalue weighted by atomic mass is 79.9. The summed E-state index contributed by atoms with van der Waals surface area (Å²) in [5, 5.41) is 6.84. The van der Waals surface area contributed by atoms with Crippen LogP contribution in [0.25, 0.3) is 0 Å². The number of anilines is 1. The number of aromatic nitrogens is 2. The largest absolute Gasteiger partial charge is 0.323 e. The van der Waals surface area contributed by atoms with Gasteiger partial charge in [-0.25, -0.2) is 4.79 Å². The molecule has 2 amide bonds. The van der Waals surface area contributed by atoms with Crippen molar-refractivity contribution in [2.75, 3.05) is 12.4 Å². The summed E-state index contributed by atoms with van der Waals surface area (Å²) in [5.41, 5.74) is 1.07. The second kappa shape index (κ2) is 5.88. The van der Waals surface area contributed by atoms with Crippen LogP contribution in [0.4, 0.5) is 10.6 Å². The molecule has 0 spiro atoms. The molecule has 2 aromatic rings. The fraction of sp³-hybridized carbons (Fsp3) is 0.231. The van der Waals surface area contributed by atoms with Crippen molar-refractivity contribution in [2.45, 2.75) is 6.54 Å². The van der Waals surface area contributed by atoms with E-state index in [1.165, 1.54) is 0 Å². The number of nitrogens with one attached hydrogen (secondary N) is 1. The Morgan fingerprint density at radius 2 is 2.05 bits per heavy atom. The lowest BCUT2D eigenvalue weighted by atomic mass is 10.2. The number of hydrogen-bond donors (Lipinski definition) is 1. The summed E-state index contributed by atoms with van der Waals surface area (Å²) in [6.07, 6.45) is 1.78. The lowest BCUT2D eigenvalue weighted by Crippen LogP contribution is -2.31. The summed E-state index contributed by atoms with van der Waals surface area (Å²) in [6.45, 7) is 0.548. The van der Waals surface area contributed by atoms with Gasteiger partial charge in [0.25, 0.3) is 0 Å². The van der Waals surface area contributed by atoms with Gasteiger partial charge in [0.15, 0.2) is 5.82 Å². The lowest BCUT2D eigenvalue weighted by Gasteiger charge is -2.17. The number of rotatable bonds is 3. The molecular formula is C13H15BrN4O. The first kappa shape index (κ1) is 13.6. The van der Waals surface area contributed by atoms with Crippen molar-refractivity contribution in [1.82, 2.24) is 14.7 Å². The van der Waals surface area contributed by atoms with E-state index in [1.807, 2.05) is 24.3 Å². The minimum Gasteiger partial charge on any atom is -0.323 e. The zero-order valence-corrected chi connectivity index (χ0v) is 12.4. The third-order valence-electron chi connectivity index (χ3n) is 2.63. The Morgan fingerprint density at radius 3 is 2.63 bits per heavy atom. The molecule has 0 atom stereocenters. The maximum absolute atomic E-state index is 11.9.